The zero-order chi connectivity index (χ0) is 13.0. The van der Waals surface area contributed by atoms with Gasteiger partial charge >= 0.3 is 0 Å². The molecule has 0 saturated carbocycles. The van der Waals surface area contributed by atoms with E-state index in [1.54, 1.807) is 11.3 Å². The summed E-state index contributed by atoms with van der Waals surface area (Å²) in [6.07, 6.45) is 2.19. The van der Waals surface area contributed by atoms with Gasteiger partial charge in [0.15, 0.2) is 0 Å². The average molecular weight is 325 g/mol. The number of aryl methyl sites for hydroxylation is 1. The number of nitrogens with zero attached hydrogens (tertiary/aromatic N) is 1. The summed E-state index contributed by atoms with van der Waals surface area (Å²) in [5.74, 6) is 0. The summed E-state index contributed by atoms with van der Waals surface area (Å²) >= 11 is 5.38. The van der Waals surface area contributed by atoms with Crippen molar-refractivity contribution in [1.82, 2.24) is 10.3 Å². The van der Waals surface area contributed by atoms with Gasteiger partial charge in [0, 0.05) is 21.5 Å². The van der Waals surface area contributed by atoms with Gasteiger partial charge in [-0.1, -0.05) is 47.5 Å². The molecule has 2 aromatic rings. The molecule has 0 radical (unpaired) electrons. The Balaban J connectivity index is 2.40. The summed E-state index contributed by atoms with van der Waals surface area (Å²) in [6, 6.07) is 8.26. The molecule has 2 rings (SSSR count). The van der Waals surface area contributed by atoms with Crippen molar-refractivity contribution in [1.29, 1.82) is 0 Å². The monoisotopic (exact) mass is 324 g/mol. The minimum absolute atomic E-state index is 0.900. The van der Waals surface area contributed by atoms with Crippen molar-refractivity contribution in [2.45, 2.75) is 26.3 Å². The van der Waals surface area contributed by atoms with Crippen molar-refractivity contribution in [2.75, 3.05) is 7.05 Å². The first kappa shape index (κ1) is 13.7. The maximum absolute atomic E-state index is 4.80. The first-order valence-electron chi connectivity index (χ1n) is 6.14. The van der Waals surface area contributed by atoms with Gasteiger partial charge in [-0.15, -0.1) is 11.3 Å². The normalized spacial score (nSPS) is 10.8. The maximum Gasteiger partial charge on any atom is 0.125 e. The van der Waals surface area contributed by atoms with Gasteiger partial charge in [-0.3, -0.25) is 0 Å². The molecule has 4 heteroatoms. The third-order valence-electron chi connectivity index (χ3n) is 2.71. The van der Waals surface area contributed by atoms with Crippen LogP contribution < -0.4 is 5.32 Å². The van der Waals surface area contributed by atoms with Crippen LogP contribution >= 0.6 is 27.3 Å². The number of hydrogen-bond donors (Lipinski definition) is 1. The van der Waals surface area contributed by atoms with Crippen LogP contribution in [0.2, 0.25) is 0 Å². The molecule has 0 spiro atoms. The summed E-state index contributed by atoms with van der Waals surface area (Å²) in [5.41, 5.74) is 2.42. The first-order valence-corrected chi connectivity index (χ1v) is 7.75. The van der Waals surface area contributed by atoms with E-state index < -0.39 is 0 Å². The van der Waals surface area contributed by atoms with E-state index in [0.29, 0.717) is 0 Å². The lowest BCUT2D eigenvalue weighted by molar-refractivity contribution is 0.798. The van der Waals surface area contributed by atoms with Crippen molar-refractivity contribution in [3.63, 3.8) is 0 Å². The van der Waals surface area contributed by atoms with Crippen molar-refractivity contribution in [3.05, 3.63) is 39.3 Å². The predicted molar refractivity (Wildman–Crippen MR) is 82.0 cm³/mol. The summed E-state index contributed by atoms with van der Waals surface area (Å²) in [4.78, 5) is 6.15. The fourth-order valence-corrected chi connectivity index (χ4v) is 3.63. The highest BCUT2D eigenvalue weighted by molar-refractivity contribution is 9.10. The van der Waals surface area contributed by atoms with Crippen LogP contribution in [0.15, 0.2) is 28.7 Å². The molecule has 0 amide bonds. The SMILES string of the molecule is CCCc1nc(-c2ccccc2Br)sc1CNC. The number of nitrogens with one attached hydrogen (secondary N) is 1. The lowest BCUT2D eigenvalue weighted by Gasteiger charge is -1.98. The lowest BCUT2D eigenvalue weighted by atomic mass is 10.2. The Morgan fingerprint density at radius 2 is 2.11 bits per heavy atom. The summed E-state index contributed by atoms with van der Waals surface area (Å²) in [6.45, 7) is 3.10. The molecule has 0 saturated heterocycles. The molecule has 0 atom stereocenters. The quantitative estimate of drug-likeness (QED) is 0.889. The van der Waals surface area contributed by atoms with E-state index >= 15 is 0 Å². The first-order chi connectivity index (χ1) is 8.76. The zero-order valence-corrected chi connectivity index (χ0v) is 13.1. The van der Waals surface area contributed by atoms with E-state index in [9.17, 15) is 0 Å². The Kier molecular flexibility index (Phi) is 4.92. The van der Waals surface area contributed by atoms with Crippen LogP contribution in [0.4, 0.5) is 0 Å². The van der Waals surface area contributed by atoms with Crippen LogP contribution in [0, 0.1) is 0 Å². The molecule has 0 unspecified atom stereocenters. The van der Waals surface area contributed by atoms with E-state index in [1.165, 1.54) is 16.1 Å². The second kappa shape index (κ2) is 6.45. The fourth-order valence-electron chi connectivity index (χ4n) is 1.86. The van der Waals surface area contributed by atoms with Gasteiger partial charge < -0.3 is 5.32 Å². The number of rotatable bonds is 5. The molecule has 0 fully saturated rings. The second-order valence-electron chi connectivity index (χ2n) is 4.15. The minimum atomic E-state index is 0.900. The lowest BCUT2D eigenvalue weighted by Crippen LogP contribution is -2.05. The van der Waals surface area contributed by atoms with Crippen molar-refractivity contribution in [3.8, 4) is 10.6 Å². The van der Waals surface area contributed by atoms with Crippen molar-refractivity contribution >= 4 is 27.3 Å². The molecular weight excluding hydrogens is 308 g/mol. The minimum Gasteiger partial charge on any atom is -0.315 e. The number of thiazole rings is 1. The van der Waals surface area contributed by atoms with Crippen LogP contribution in [-0.2, 0) is 13.0 Å². The molecule has 1 N–H and O–H groups in total. The second-order valence-corrected chi connectivity index (χ2v) is 6.09. The van der Waals surface area contributed by atoms with Crippen molar-refractivity contribution < 1.29 is 0 Å². The Morgan fingerprint density at radius 3 is 2.78 bits per heavy atom. The van der Waals surface area contributed by atoms with Crippen LogP contribution in [0.25, 0.3) is 10.6 Å². The van der Waals surface area contributed by atoms with E-state index in [4.69, 9.17) is 4.98 Å². The summed E-state index contributed by atoms with van der Waals surface area (Å²) < 4.78 is 1.11. The highest BCUT2D eigenvalue weighted by atomic mass is 79.9. The molecule has 0 bridgehead atoms. The van der Waals surface area contributed by atoms with Gasteiger partial charge in [-0.25, -0.2) is 4.98 Å². The smallest absolute Gasteiger partial charge is 0.125 e. The molecule has 0 aliphatic heterocycles. The van der Waals surface area contributed by atoms with Gasteiger partial charge in [0.05, 0.1) is 5.69 Å². The molecule has 1 aromatic carbocycles. The summed E-state index contributed by atoms with van der Waals surface area (Å²) in [5, 5.41) is 4.33. The van der Waals surface area contributed by atoms with Crippen LogP contribution in [0.3, 0.4) is 0 Å². The predicted octanol–water partition coefficient (Wildman–Crippen LogP) is 4.24. The van der Waals surface area contributed by atoms with E-state index in [0.717, 1.165) is 28.9 Å². The molecule has 1 aromatic heterocycles. The van der Waals surface area contributed by atoms with Gasteiger partial charge in [-0.2, -0.15) is 0 Å². The van der Waals surface area contributed by atoms with Crippen molar-refractivity contribution in [2.24, 2.45) is 0 Å². The molecular formula is C14H17BrN2S. The van der Waals surface area contributed by atoms with E-state index in [1.807, 2.05) is 13.1 Å². The Labute approximate surface area is 121 Å². The highest BCUT2D eigenvalue weighted by Crippen LogP contribution is 2.33. The van der Waals surface area contributed by atoms with Gasteiger partial charge in [0.25, 0.3) is 0 Å². The molecule has 18 heavy (non-hydrogen) atoms. The maximum atomic E-state index is 4.80. The van der Waals surface area contributed by atoms with Gasteiger partial charge in [-0.05, 0) is 19.5 Å². The summed E-state index contributed by atoms with van der Waals surface area (Å²) in [7, 11) is 1.98. The number of aromatic nitrogens is 1. The highest BCUT2D eigenvalue weighted by Gasteiger charge is 2.12. The third-order valence-corrected chi connectivity index (χ3v) is 4.53. The molecule has 1 heterocycles. The Morgan fingerprint density at radius 1 is 1.33 bits per heavy atom. The Bertz CT molecular complexity index is 499. The molecule has 0 aliphatic rings. The average Bonchev–Trinajstić information content (AvgIpc) is 2.74. The molecule has 2 nitrogen and oxygen atoms in total. The fraction of sp³-hybridized carbons (Fsp3) is 0.357. The molecule has 96 valence electrons. The van der Waals surface area contributed by atoms with Crippen LogP contribution in [-0.4, -0.2) is 12.0 Å². The molecule has 0 aliphatic carbocycles. The number of hydrogen-bond acceptors (Lipinski definition) is 3. The van der Waals surface area contributed by atoms with Gasteiger partial charge in [0.2, 0.25) is 0 Å². The van der Waals surface area contributed by atoms with E-state index in [2.05, 4.69) is 46.4 Å². The number of halogens is 1. The number of benzene rings is 1. The topological polar surface area (TPSA) is 24.9 Å². The standard InChI is InChI=1S/C14H17BrN2S/c1-3-6-12-13(9-16-2)18-14(17-12)10-7-4-5-8-11(10)15/h4-5,7-8,16H,3,6,9H2,1-2H3. The zero-order valence-electron chi connectivity index (χ0n) is 10.7. The largest absolute Gasteiger partial charge is 0.315 e. The van der Waals surface area contributed by atoms with Crippen LogP contribution in [0.1, 0.15) is 23.9 Å². The van der Waals surface area contributed by atoms with E-state index in [-0.39, 0.29) is 0 Å². The third kappa shape index (κ3) is 2.99. The Hall–Kier alpha value is -0.710. The van der Waals surface area contributed by atoms with Gasteiger partial charge in [0.1, 0.15) is 5.01 Å². The van der Waals surface area contributed by atoms with Crippen LogP contribution in [0.5, 0.6) is 0 Å².